The zero-order valence-corrected chi connectivity index (χ0v) is 12.3. The molecular weight excluding hydrogens is 286 g/mol. The quantitative estimate of drug-likeness (QED) is 0.854. The lowest BCUT2D eigenvalue weighted by Gasteiger charge is -2.40. The molecule has 21 heavy (non-hydrogen) atoms. The molecule has 1 heterocycles. The number of alkyl halides is 2. The highest BCUT2D eigenvalue weighted by atomic mass is 19.3. The SMILES string of the molecule is CC(C)(C)OC(=O)NC1(C(=O)N2CC(OC(F)F)C2)CC1. The second-order valence-corrected chi connectivity index (χ2v) is 6.44. The van der Waals surface area contributed by atoms with Gasteiger partial charge in [0.25, 0.3) is 0 Å². The molecule has 6 nitrogen and oxygen atoms in total. The first-order chi connectivity index (χ1) is 9.61. The van der Waals surface area contributed by atoms with Crippen LogP contribution < -0.4 is 5.32 Å². The molecule has 1 saturated heterocycles. The summed E-state index contributed by atoms with van der Waals surface area (Å²) in [5.74, 6) is -0.262. The number of amides is 2. The van der Waals surface area contributed by atoms with Crippen molar-refractivity contribution in [3.63, 3.8) is 0 Å². The predicted octanol–water partition coefficient (Wildman–Crippen LogP) is 1.49. The van der Waals surface area contributed by atoms with Crippen LogP contribution >= 0.6 is 0 Å². The third-order valence-electron chi connectivity index (χ3n) is 3.33. The number of alkyl carbamates (subject to hydrolysis) is 1. The van der Waals surface area contributed by atoms with Gasteiger partial charge in [-0.25, -0.2) is 4.79 Å². The Balaban J connectivity index is 1.82. The van der Waals surface area contributed by atoms with Gasteiger partial charge in [0.15, 0.2) is 0 Å². The Morgan fingerprint density at radius 2 is 1.86 bits per heavy atom. The molecule has 1 saturated carbocycles. The molecule has 120 valence electrons. The average Bonchev–Trinajstić information content (AvgIpc) is 2.99. The van der Waals surface area contributed by atoms with E-state index in [2.05, 4.69) is 10.1 Å². The minimum absolute atomic E-state index is 0.126. The number of nitrogens with zero attached hydrogens (tertiary/aromatic N) is 1. The van der Waals surface area contributed by atoms with Crippen molar-refractivity contribution in [1.82, 2.24) is 10.2 Å². The molecular formula is C13H20F2N2O4. The van der Waals surface area contributed by atoms with E-state index < -0.39 is 29.9 Å². The molecule has 0 atom stereocenters. The number of hydrogen-bond acceptors (Lipinski definition) is 4. The maximum Gasteiger partial charge on any atom is 0.408 e. The van der Waals surface area contributed by atoms with Crippen molar-refractivity contribution in [3.8, 4) is 0 Å². The fourth-order valence-corrected chi connectivity index (χ4v) is 2.15. The van der Waals surface area contributed by atoms with Gasteiger partial charge in [-0.15, -0.1) is 0 Å². The summed E-state index contributed by atoms with van der Waals surface area (Å²) in [5.41, 5.74) is -1.58. The van der Waals surface area contributed by atoms with Crippen LogP contribution in [0.1, 0.15) is 33.6 Å². The van der Waals surface area contributed by atoms with E-state index in [-0.39, 0.29) is 19.0 Å². The minimum atomic E-state index is -2.83. The first kappa shape index (κ1) is 15.9. The number of likely N-dealkylation sites (tertiary alicyclic amines) is 1. The van der Waals surface area contributed by atoms with E-state index in [0.29, 0.717) is 12.8 Å². The highest BCUT2D eigenvalue weighted by Gasteiger charge is 2.55. The van der Waals surface area contributed by atoms with Crippen LogP contribution in [0, 0.1) is 0 Å². The number of nitrogens with one attached hydrogen (secondary N) is 1. The summed E-state index contributed by atoms with van der Waals surface area (Å²) in [4.78, 5) is 25.4. The summed E-state index contributed by atoms with van der Waals surface area (Å²) in [7, 11) is 0. The summed E-state index contributed by atoms with van der Waals surface area (Å²) in [5, 5.41) is 2.59. The molecule has 0 spiro atoms. The van der Waals surface area contributed by atoms with Crippen LogP contribution in [0.25, 0.3) is 0 Å². The first-order valence-corrected chi connectivity index (χ1v) is 6.85. The molecule has 0 aromatic carbocycles. The summed E-state index contributed by atoms with van der Waals surface area (Å²) in [6.07, 6.45) is -0.218. The average molecular weight is 306 g/mol. The Hall–Kier alpha value is -1.44. The van der Waals surface area contributed by atoms with Crippen molar-refractivity contribution in [2.45, 2.75) is 57.5 Å². The Kier molecular flexibility index (Phi) is 4.10. The number of carbonyl (C=O) groups excluding carboxylic acids is 2. The van der Waals surface area contributed by atoms with Gasteiger partial charge in [0, 0.05) is 13.1 Å². The largest absolute Gasteiger partial charge is 0.444 e. The lowest BCUT2D eigenvalue weighted by molar-refractivity contribution is -0.199. The third kappa shape index (κ3) is 4.03. The van der Waals surface area contributed by atoms with Gasteiger partial charge in [0.05, 0.1) is 6.10 Å². The normalized spacial score (nSPS) is 21.0. The van der Waals surface area contributed by atoms with Gasteiger partial charge >= 0.3 is 12.7 Å². The Bertz CT molecular complexity index is 426. The van der Waals surface area contributed by atoms with Crippen molar-refractivity contribution in [2.24, 2.45) is 0 Å². The highest BCUT2D eigenvalue weighted by molar-refractivity contribution is 5.93. The number of halogens is 2. The van der Waals surface area contributed by atoms with E-state index >= 15 is 0 Å². The first-order valence-electron chi connectivity index (χ1n) is 6.85. The predicted molar refractivity (Wildman–Crippen MR) is 68.8 cm³/mol. The monoisotopic (exact) mass is 306 g/mol. The molecule has 0 radical (unpaired) electrons. The molecule has 1 aliphatic carbocycles. The zero-order chi connectivity index (χ0) is 15.8. The number of hydrogen-bond donors (Lipinski definition) is 1. The van der Waals surface area contributed by atoms with Crippen LogP contribution in [-0.4, -0.2) is 53.8 Å². The lowest BCUT2D eigenvalue weighted by Crippen LogP contribution is -2.61. The van der Waals surface area contributed by atoms with Gasteiger partial charge in [0.1, 0.15) is 11.1 Å². The smallest absolute Gasteiger partial charge is 0.408 e. The molecule has 1 aliphatic heterocycles. The molecule has 2 rings (SSSR count). The van der Waals surface area contributed by atoms with Gasteiger partial charge < -0.3 is 19.7 Å². The van der Waals surface area contributed by atoms with Gasteiger partial charge in [-0.3, -0.25) is 4.79 Å². The van der Waals surface area contributed by atoms with Gasteiger partial charge in [-0.2, -0.15) is 8.78 Å². The molecule has 2 aliphatic rings. The van der Waals surface area contributed by atoms with E-state index in [1.165, 1.54) is 4.90 Å². The molecule has 0 aromatic rings. The maximum atomic E-state index is 12.3. The molecule has 2 fully saturated rings. The fraction of sp³-hybridized carbons (Fsp3) is 0.846. The molecule has 0 bridgehead atoms. The van der Waals surface area contributed by atoms with Crippen molar-refractivity contribution in [1.29, 1.82) is 0 Å². The van der Waals surface area contributed by atoms with Gasteiger partial charge in [0.2, 0.25) is 5.91 Å². The summed E-state index contributed by atoms with van der Waals surface area (Å²) >= 11 is 0. The minimum Gasteiger partial charge on any atom is -0.444 e. The second-order valence-electron chi connectivity index (χ2n) is 6.44. The molecule has 8 heteroatoms. The van der Waals surface area contributed by atoms with Crippen molar-refractivity contribution in [3.05, 3.63) is 0 Å². The van der Waals surface area contributed by atoms with Gasteiger partial charge in [-0.05, 0) is 33.6 Å². The van der Waals surface area contributed by atoms with E-state index in [1.54, 1.807) is 20.8 Å². The third-order valence-corrected chi connectivity index (χ3v) is 3.33. The standard InChI is InChI=1S/C13H20F2N2O4/c1-12(2,3)21-11(19)16-13(4-5-13)9(18)17-6-8(7-17)20-10(14)15/h8,10H,4-7H2,1-3H3,(H,16,19). The summed E-state index contributed by atoms with van der Waals surface area (Å²) < 4.78 is 33.5. The highest BCUT2D eigenvalue weighted by Crippen LogP contribution is 2.39. The number of rotatable bonds is 4. The van der Waals surface area contributed by atoms with Gasteiger partial charge in [-0.1, -0.05) is 0 Å². The Morgan fingerprint density at radius 3 is 2.29 bits per heavy atom. The van der Waals surface area contributed by atoms with Crippen molar-refractivity contribution in [2.75, 3.05) is 13.1 Å². The van der Waals surface area contributed by atoms with Crippen molar-refractivity contribution >= 4 is 12.0 Å². The van der Waals surface area contributed by atoms with Crippen LogP contribution in [0.4, 0.5) is 13.6 Å². The summed E-state index contributed by atoms with van der Waals surface area (Å²) in [6.45, 7) is 2.62. The lowest BCUT2D eigenvalue weighted by atomic mass is 10.1. The van der Waals surface area contributed by atoms with E-state index in [1.807, 2.05) is 0 Å². The molecule has 2 amide bonds. The van der Waals surface area contributed by atoms with Crippen LogP contribution in [-0.2, 0) is 14.3 Å². The zero-order valence-electron chi connectivity index (χ0n) is 12.3. The Labute approximate surface area is 121 Å². The summed E-state index contributed by atoms with van der Waals surface area (Å²) in [6, 6.07) is 0. The van der Waals surface area contributed by atoms with Crippen LogP contribution in [0.2, 0.25) is 0 Å². The van der Waals surface area contributed by atoms with Crippen molar-refractivity contribution < 1.29 is 27.8 Å². The topological polar surface area (TPSA) is 67.9 Å². The molecule has 0 unspecified atom stereocenters. The van der Waals surface area contributed by atoms with E-state index in [4.69, 9.17) is 4.74 Å². The van der Waals surface area contributed by atoms with Crippen LogP contribution in [0.15, 0.2) is 0 Å². The maximum absolute atomic E-state index is 12.3. The Morgan fingerprint density at radius 1 is 1.29 bits per heavy atom. The number of carbonyl (C=O) groups is 2. The van der Waals surface area contributed by atoms with E-state index in [0.717, 1.165) is 0 Å². The van der Waals surface area contributed by atoms with Crippen LogP contribution in [0.5, 0.6) is 0 Å². The second kappa shape index (κ2) is 5.40. The van der Waals surface area contributed by atoms with Crippen LogP contribution in [0.3, 0.4) is 0 Å². The van der Waals surface area contributed by atoms with E-state index in [9.17, 15) is 18.4 Å². The fourth-order valence-electron chi connectivity index (χ4n) is 2.15. The molecule has 0 aromatic heterocycles. The molecule has 1 N–H and O–H groups in total. The number of ether oxygens (including phenoxy) is 2.